The maximum absolute atomic E-state index is 11.1. The van der Waals surface area contributed by atoms with Crippen molar-refractivity contribution in [3.63, 3.8) is 0 Å². The minimum atomic E-state index is -1.24. The van der Waals surface area contributed by atoms with Crippen molar-refractivity contribution in [3.05, 3.63) is 0 Å². The van der Waals surface area contributed by atoms with Crippen LogP contribution in [0.3, 0.4) is 0 Å². The third-order valence-corrected chi connectivity index (χ3v) is 3.91. The van der Waals surface area contributed by atoms with E-state index in [0.717, 1.165) is 5.75 Å². The van der Waals surface area contributed by atoms with Crippen molar-refractivity contribution in [1.29, 1.82) is 0 Å². The number of carbonyl (C=O) groups excluding carboxylic acids is 1. The molecule has 1 amide bonds. The maximum atomic E-state index is 11.1. The number of β-lactam (4-membered cyclic amide) rings is 1. The zero-order chi connectivity index (χ0) is 10.1. The smallest absolute Gasteiger partial charge is 0.450 e. The zero-order valence-corrected chi connectivity index (χ0v) is 8.33. The van der Waals surface area contributed by atoms with Crippen LogP contribution in [0.2, 0.25) is 0 Å². The third-order valence-electron chi connectivity index (χ3n) is 2.44. The minimum absolute atomic E-state index is 0.150. The maximum Gasteiger partial charge on any atom is 0.505 e. The number of fused-ring (bicyclic) bond motifs is 1. The Kier molecular flexibility index (Phi) is 2.54. The van der Waals surface area contributed by atoms with Crippen molar-refractivity contribution < 1.29 is 19.4 Å². The van der Waals surface area contributed by atoms with Crippen LogP contribution < -0.4 is 0 Å². The summed E-state index contributed by atoms with van der Waals surface area (Å²) in [4.78, 5) is 23.1. The van der Waals surface area contributed by atoms with Crippen LogP contribution in [-0.4, -0.2) is 46.3 Å². The number of nitrogens with zero attached hydrogens (tertiary/aromatic N) is 1. The molecule has 2 rings (SSSR count). The van der Waals surface area contributed by atoms with Crippen LogP contribution in [0.25, 0.3) is 0 Å². The number of rotatable bonds is 2. The van der Waals surface area contributed by atoms with Crippen LogP contribution in [0, 0.1) is 5.92 Å². The average Bonchev–Trinajstić information content (AvgIpc) is 2.14. The van der Waals surface area contributed by atoms with Gasteiger partial charge in [-0.3, -0.25) is 4.79 Å². The molecule has 2 fully saturated rings. The lowest BCUT2D eigenvalue weighted by Gasteiger charge is -2.45. The fourth-order valence-corrected chi connectivity index (χ4v) is 3.00. The van der Waals surface area contributed by atoms with E-state index in [1.54, 1.807) is 16.7 Å². The summed E-state index contributed by atoms with van der Waals surface area (Å²) >= 11 is 1.71. The number of carboxylic acid groups (broad SMARTS) is 1. The summed E-state index contributed by atoms with van der Waals surface area (Å²) in [5, 5.41) is 8.66. The second-order valence-electron chi connectivity index (χ2n) is 3.48. The highest BCUT2D eigenvalue weighted by Crippen LogP contribution is 2.35. The summed E-state index contributed by atoms with van der Waals surface area (Å²) in [7, 11) is 0. The van der Waals surface area contributed by atoms with E-state index >= 15 is 0 Å². The van der Waals surface area contributed by atoms with E-state index in [-0.39, 0.29) is 18.4 Å². The second-order valence-corrected chi connectivity index (χ2v) is 4.69. The van der Waals surface area contributed by atoms with E-state index in [0.29, 0.717) is 18.3 Å². The van der Waals surface area contributed by atoms with Crippen LogP contribution in [-0.2, 0) is 9.53 Å². The molecule has 2 aliphatic rings. The summed E-state index contributed by atoms with van der Waals surface area (Å²) in [6.07, 6.45) is -0.607. The Morgan fingerprint density at radius 1 is 1.71 bits per heavy atom. The third kappa shape index (κ3) is 1.79. The fourth-order valence-electron chi connectivity index (χ4n) is 1.66. The molecule has 5 nitrogen and oxygen atoms in total. The molecule has 78 valence electrons. The SMILES string of the molecule is O=C(O)OCC1CS[C@H]2CC(=O)N2C1. The van der Waals surface area contributed by atoms with Crippen molar-refractivity contribution in [3.8, 4) is 0 Å². The number of hydrogen-bond donors (Lipinski definition) is 1. The fraction of sp³-hybridized carbons (Fsp3) is 0.750. The van der Waals surface area contributed by atoms with Gasteiger partial charge >= 0.3 is 6.16 Å². The second kappa shape index (κ2) is 3.68. The van der Waals surface area contributed by atoms with Crippen LogP contribution >= 0.6 is 11.8 Å². The van der Waals surface area contributed by atoms with Gasteiger partial charge in [-0.15, -0.1) is 11.8 Å². The lowest BCUT2D eigenvalue weighted by atomic mass is 10.1. The highest BCUT2D eigenvalue weighted by molar-refractivity contribution is 8.00. The van der Waals surface area contributed by atoms with Crippen molar-refractivity contribution >= 4 is 23.8 Å². The lowest BCUT2D eigenvalue weighted by molar-refractivity contribution is -0.143. The van der Waals surface area contributed by atoms with E-state index in [9.17, 15) is 9.59 Å². The molecule has 0 bridgehead atoms. The topological polar surface area (TPSA) is 66.8 Å². The Balaban J connectivity index is 1.79. The molecule has 0 radical (unpaired) electrons. The van der Waals surface area contributed by atoms with Crippen molar-refractivity contribution in [1.82, 2.24) is 4.90 Å². The Morgan fingerprint density at radius 3 is 3.14 bits per heavy atom. The highest BCUT2D eigenvalue weighted by atomic mass is 32.2. The van der Waals surface area contributed by atoms with Gasteiger partial charge in [0.2, 0.25) is 5.91 Å². The summed E-state index contributed by atoms with van der Waals surface area (Å²) in [6.45, 7) is 0.836. The molecular formula is C8H11NO4S. The van der Waals surface area contributed by atoms with Gasteiger partial charge in [-0.1, -0.05) is 0 Å². The van der Waals surface area contributed by atoms with Crippen LogP contribution in [0.4, 0.5) is 4.79 Å². The molecule has 0 aliphatic carbocycles. The van der Waals surface area contributed by atoms with Crippen LogP contribution in [0.5, 0.6) is 0 Å². The lowest BCUT2D eigenvalue weighted by Crippen LogP contribution is -2.56. The molecule has 6 heteroatoms. The normalized spacial score (nSPS) is 30.6. The molecule has 1 unspecified atom stereocenters. The number of thioether (sulfide) groups is 1. The molecular weight excluding hydrogens is 206 g/mol. The molecule has 1 N–H and O–H groups in total. The first-order valence-electron chi connectivity index (χ1n) is 4.43. The molecule has 0 saturated carbocycles. The van der Waals surface area contributed by atoms with Gasteiger partial charge in [0.25, 0.3) is 0 Å². The van der Waals surface area contributed by atoms with E-state index in [1.807, 2.05) is 0 Å². The molecule has 2 aliphatic heterocycles. The number of ether oxygens (including phenoxy) is 1. The van der Waals surface area contributed by atoms with Crippen molar-refractivity contribution in [2.24, 2.45) is 5.92 Å². The van der Waals surface area contributed by atoms with Gasteiger partial charge in [0, 0.05) is 18.2 Å². The van der Waals surface area contributed by atoms with E-state index < -0.39 is 6.16 Å². The minimum Gasteiger partial charge on any atom is -0.450 e. The first kappa shape index (κ1) is 9.64. The predicted octanol–water partition coefficient (Wildman–Crippen LogP) is 0.602. The largest absolute Gasteiger partial charge is 0.505 e. The Bertz CT molecular complexity index is 270. The predicted molar refractivity (Wildman–Crippen MR) is 50.0 cm³/mol. The van der Waals surface area contributed by atoms with E-state index in [4.69, 9.17) is 5.11 Å². The molecule has 0 aromatic rings. The molecule has 14 heavy (non-hydrogen) atoms. The first-order chi connectivity index (χ1) is 6.66. The van der Waals surface area contributed by atoms with Gasteiger partial charge in [0.1, 0.15) is 6.61 Å². The highest BCUT2D eigenvalue weighted by Gasteiger charge is 2.41. The Morgan fingerprint density at radius 2 is 2.50 bits per heavy atom. The van der Waals surface area contributed by atoms with Gasteiger partial charge in [-0.2, -0.15) is 0 Å². The number of amides is 1. The van der Waals surface area contributed by atoms with Gasteiger partial charge < -0.3 is 14.7 Å². The van der Waals surface area contributed by atoms with Gasteiger partial charge in [-0.25, -0.2) is 4.79 Å². The van der Waals surface area contributed by atoms with Gasteiger partial charge in [-0.05, 0) is 0 Å². The summed E-state index contributed by atoms with van der Waals surface area (Å²) < 4.78 is 4.49. The summed E-state index contributed by atoms with van der Waals surface area (Å²) in [6, 6.07) is 0. The number of carbonyl (C=O) groups is 2. The molecule has 2 heterocycles. The van der Waals surface area contributed by atoms with E-state index in [1.165, 1.54) is 0 Å². The number of hydrogen-bond acceptors (Lipinski definition) is 4. The summed E-state index contributed by atoms with van der Waals surface area (Å²) in [5.41, 5.74) is 0. The molecule has 2 atom stereocenters. The van der Waals surface area contributed by atoms with Gasteiger partial charge in [0.05, 0.1) is 11.8 Å². The molecule has 0 aromatic heterocycles. The van der Waals surface area contributed by atoms with Gasteiger partial charge in [0.15, 0.2) is 0 Å². The molecule has 2 saturated heterocycles. The first-order valence-corrected chi connectivity index (χ1v) is 5.48. The molecule has 0 aromatic carbocycles. The van der Waals surface area contributed by atoms with Crippen LogP contribution in [0.1, 0.15) is 6.42 Å². The van der Waals surface area contributed by atoms with Crippen molar-refractivity contribution in [2.75, 3.05) is 18.9 Å². The quantitative estimate of drug-likeness (QED) is 0.542. The van der Waals surface area contributed by atoms with Crippen molar-refractivity contribution in [2.45, 2.75) is 11.8 Å². The zero-order valence-electron chi connectivity index (χ0n) is 7.51. The Labute approximate surface area is 85.4 Å². The standard InChI is InChI=1S/C8H11NO4S/c10-6-1-7-9(6)2-5(4-14-7)3-13-8(11)12/h5,7H,1-4H2,(H,11,12)/t5?,7-/m0/s1. The van der Waals surface area contributed by atoms with E-state index in [2.05, 4.69) is 4.74 Å². The molecule has 0 spiro atoms. The Hall–Kier alpha value is -0.910. The monoisotopic (exact) mass is 217 g/mol. The van der Waals surface area contributed by atoms with Crippen LogP contribution in [0.15, 0.2) is 0 Å². The average molecular weight is 217 g/mol. The summed E-state index contributed by atoms with van der Waals surface area (Å²) in [5.74, 6) is 1.20.